The third kappa shape index (κ3) is 3.49. The van der Waals surface area contributed by atoms with E-state index in [1.54, 1.807) is 11.1 Å². The van der Waals surface area contributed by atoms with Gasteiger partial charge >= 0.3 is 0 Å². The van der Waals surface area contributed by atoms with E-state index in [4.69, 9.17) is 10.8 Å². The number of rotatable bonds is 4. The molecule has 176 valence electrons. The molecule has 3 atom stereocenters. The predicted molar refractivity (Wildman–Crippen MR) is 128 cm³/mol. The van der Waals surface area contributed by atoms with Gasteiger partial charge in [0.15, 0.2) is 5.65 Å². The quantitative estimate of drug-likeness (QED) is 0.438. The number of pyridine rings is 1. The number of amides is 1. The van der Waals surface area contributed by atoms with Crippen molar-refractivity contribution in [2.75, 3.05) is 17.2 Å². The summed E-state index contributed by atoms with van der Waals surface area (Å²) in [6.07, 6.45) is 6.04. The Labute approximate surface area is 199 Å². The number of carbonyl (C=O) groups excluding carboxylic acids is 1. The van der Waals surface area contributed by atoms with Gasteiger partial charge < -0.3 is 15.7 Å². The molecule has 4 heterocycles. The SMILES string of the molecule is C=CC(=O)N1CC(C2CC2n2nc(-c3cc(O)cc(F)c3)c3c(N)ncnc32)Cc2ncccc21. The molecule has 1 aliphatic carbocycles. The van der Waals surface area contributed by atoms with Crippen LogP contribution in [0.3, 0.4) is 0 Å². The van der Waals surface area contributed by atoms with E-state index in [1.165, 1.54) is 24.5 Å². The van der Waals surface area contributed by atoms with Gasteiger partial charge in [0.25, 0.3) is 0 Å². The van der Waals surface area contributed by atoms with Gasteiger partial charge in [0.2, 0.25) is 5.91 Å². The maximum Gasteiger partial charge on any atom is 0.250 e. The molecule has 3 N–H and O–H groups in total. The minimum atomic E-state index is -0.581. The van der Waals surface area contributed by atoms with Crippen molar-refractivity contribution >= 4 is 28.4 Å². The third-order valence-electron chi connectivity index (χ3n) is 6.87. The Morgan fingerprint density at radius 2 is 2.11 bits per heavy atom. The molecule has 0 radical (unpaired) electrons. The van der Waals surface area contributed by atoms with E-state index in [0.29, 0.717) is 28.8 Å². The normalized spacial score (nSPS) is 21.1. The van der Waals surface area contributed by atoms with E-state index < -0.39 is 5.82 Å². The maximum atomic E-state index is 14.0. The topological polar surface area (TPSA) is 123 Å². The Balaban J connectivity index is 1.38. The first-order valence-electron chi connectivity index (χ1n) is 11.3. The number of halogens is 1. The number of benzene rings is 1. The van der Waals surface area contributed by atoms with Gasteiger partial charge in [-0.15, -0.1) is 0 Å². The maximum absolute atomic E-state index is 14.0. The fourth-order valence-electron chi connectivity index (χ4n) is 5.21. The summed E-state index contributed by atoms with van der Waals surface area (Å²) in [7, 11) is 0. The molecule has 6 rings (SSSR count). The van der Waals surface area contributed by atoms with Crippen LogP contribution in [-0.4, -0.2) is 42.3 Å². The van der Waals surface area contributed by atoms with Gasteiger partial charge in [-0.05, 0) is 55.0 Å². The number of nitrogens with zero attached hydrogens (tertiary/aromatic N) is 6. The second-order valence-electron chi connectivity index (χ2n) is 9.00. The van der Waals surface area contributed by atoms with Crippen molar-refractivity contribution in [2.45, 2.75) is 18.9 Å². The molecular formula is C25H22FN7O2. The molecule has 9 nitrogen and oxygen atoms in total. The fourth-order valence-corrected chi connectivity index (χ4v) is 5.21. The largest absolute Gasteiger partial charge is 0.508 e. The van der Waals surface area contributed by atoms with Gasteiger partial charge in [0.05, 0.1) is 22.8 Å². The van der Waals surface area contributed by atoms with Crippen molar-refractivity contribution in [1.29, 1.82) is 0 Å². The van der Waals surface area contributed by atoms with Crippen LogP contribution in [0.1, 0.15) is 18.2 Å². The summed E-state index contributed by atoms with van der Waals surface area (Å²) >= 11 is 0. The number of aromatic nitrogens is 5. The molecule has 10 heteroatoms. The lowest BCUT2D eigenvalue weighted by Gasteiger charge is -2.33. The first kappa shape index (κ1) is 21.2. The summed E-state index contributed by atoms with van der Waals surface area (Å²) in [6.45, 7) is 4.21. The minimum absolute atomic E-state index is 0.0265. The Morgan fingerprint density at radius 3 is 2.91 bits per heavy atom. The van der Waals surface area contributed by atoms with E-state index >= 15 is 0 Å². The average molecular weight is 471 g/mol. The van der Waals surface area contributed by atoms with Gasteiger partial charge in [0, 0.05) is 24.4 Å². The first-order valence-corrected chi connectivity index (χ1v) is 11.3. The lowest BCUT2D eigenvalue weighted by molar-refractivity contribution is -0.114. The van der Waals surface area contributed by atoms with E-state index in [-0.39, 0.29) is 35.4 Å². The van der Waals surface area contributed by atoms with Crippen LogP contribution in [-0.2, 0) is 11.2 Å². The minimum Gasteiger partial charge on any atom is -0.508 e. The van der Waals surface area contributed by atoms with Crippen LogP contribution in [0.25, 0.3) is 22.3 Å². The lowest BCUT2D eigenvalue weighted by Crippen LogP contribution is -2.40. The first-order chi connectivity index (χ1) is 16.9. The number of hydrogen-bond donors (Lipinski definition) is 2. The molecular weight excluding hydrogens is 449 g/mol. The summed E-state index contributed by atoms with van der Waals surface area (Å²) in [6, 6.07) is 7.53. The van der Waals surface area contributed by atoms with Crippen LogP contribution in [0.2, 0.25) is 0 Å². The molecule has 1 aromatic carbocycles. The molecule has 1 fully saturated rings. The number of carbonyl (C=O) groups is 1. The second-order valence-corrected chi connectivity index (χ2v) is 9.00. The van der Waals surface area contributed by atoms with E-state index in [9.17, 15) is 14.3 Å². The highest BCUT2D eigenvalue weighted by Gasteiger charge is 2.48. The van der Waals surface area contributed by atoms with Gasteiger partial charge in [0.1, 0.15) is 29.4 Å². The highest BCUT2D eigenvalue weighted by Crippen LogP contribution is 2.52. The number of aromatic hydroxyl groups is 1. The predicted octanol–water partition coefficient (Wildman–Crippen LogP) is 3.27. The van der Waals surface area contributed by atoms with Crippen LogP contribution in [0.15, 0.2) is 55.5 Å². The average Bonchev–Trinajstić information content (AvgIpc) is 3.55. The van der Waals surface area contributed by atoms with E-state index in [2.05, 4.69) is 21.5 Å². The molecule has 2 aliphatic rings. The number of phenols is 1. The number of nitrogens with two attached hydrogens (primary N) is 1. The number of hydrogen-bond acceptors (Lipinski definition) is 7. The summed E-state index contributed by atoms with van der Waals surface area (Å²) < 4.78 is 15.9. The second kappa shape index (κ2) is 7.86. The zero-order valence-electron chi connectivity index (χ0n) is 18.7. The molecule has 35 heavy (non-hydrogen) atoms. The summed E-state index contributed by atoms with van der Waals surface area (Å²) in [5, 5.41) is 15.2. The molecule has 0 spiro atoms. The molecule has 1 amide bonds. The highest BCUT2D eigenvalue weighted by molar-refractivity contribution is 6.02. The Kier molecular flexibility index (Phi) is 4.77. The van der Waals surface area contributed by atoms with Crippen molar-refractivity contribution < 1.29 is 14.3 Å². The van der Waals surface area contributed by atoms with Gasteiger partial charge in [-0.1, -0.05) is 6.58 Å². The van der Waals surface area contributed by atoms with Crippen molar-refractivity contribution in [2.24, 2.45) is 11.8 Å². The van der Waals surface area contributed by atoms with Gasteiger partial charge in [-0.25, -0.2) is 19.0 Å². The Hall–Kier alpha value is -4.34. The Morgan fingerprint density at radius 1 is 1.26 bits per heavy atom. The zero-order chi connectivity index (χ0) is 24.3. The molecule has 3 aromatic heterocycles. The number of anilines is 2. The van der Waals surface area contributed by atoms with Crippen molar-refractivity contribution in [3.63, 3.8) is 0 Å². The van der Waals surface area contributed by atoms with Crippen LogP contribution in [0.5, 0.6) is 5.75 Å². The smallest absolute Gasteiger partial charge is 0.250 e. The monoisotopic (exact) mass is 471 g/mol. The van der Waals surface area contributed by atoms with Crippen molar-refractivity contribution in [1.82, 2.24) is 24.7 Å². The standard InChI is InChI=1S/C25H22FN7O2/c1-2-21(35)32-11-14(8-18-19(32)4-3-5-28-18)17-10-20(17)33-25-22(24(27)29-12-30-25)23(31-33)13-6-15(26)9-16(34)7-13/h2-7,9,12,14,17,20,34H,1,8,10-11H2,(H2,27,29,30). The summed E-state index contributed by atoms with van der Waals surface area (Å²) in [4.78, 5) is 27.4. The molecule has 0 bridgehead atoms. The van der Waals surface area contributed by atoms with E-state index in [0.717, 1.165) is 30.3 Å². The Bertz CT molecular complexity index is 1480. The van der Waals surface area contributed by atoms with Crippen molar-refractivity contribution in [3.8, 4) is 17.0 Å². The number of fused-ring (bicyclic) bond motifs is 2. The van der Waals surface area contributed by atoms with Crippen LogP contribution >= 0.6 is 0 Å². The van der Waals surface area contributed by atoms with Gasteiger partial charge in [-0.2, -0.15) is 5.10 Å². The molecule has 1 aliphatic heterocycles. The van der Waals surface area contributed by atoms with E-state index in [1.807, 2.05) is 16.8 Å². The zero-order valence-corrected chi connectivity index (χ0v) is 18.7. The number of phenolic OH excluding ortho intramolecular Hbond substituents is 1. The fraction of sp³-hybridized carbons (Fsp3) is 0.240. The molecule has 0 saturated heterocycles. The number of nitrogen functional groups attached to an aromatic ring is 1. The highest BCUT2D eigenvalue weighted by atomic mass is 19.1. The summed E-state index contributed by atoms with van der Waals surface area (Å²) in [5.74, 6) is -0.301. The molecule has 4 aromatic rings. The third-order valence-corrected chi connectivity index (χ3v) is 6.87. The molecule has 1 saturated carbocycles. The molecule has 3 unspecified atom stereocenters. The lowest BCUT2D eigenvalue weighted by atomic mass is 9.91. The van der Waals surface area contributed by atoms with Crippen LogP contribution in [0.4, 0.5) is 15.9 Å². The summed E-state index contributed by atoms with van der Waals surface area (Å²) in [5.41, 5.74) is 9.25. The van der Waals surface area contributed by atoms with Crippen LogP contribution in [0, 0.1) is 17.7 Å². The van der Waals surface area contributed by atoms with Crippen LogP contribution < -0.4 is 10.6 Å². The van der Waals surface area contributed by atoms with Gasteiger partial charge in [-0.3, -0.25) is 9.78 Å². The van der Waals surface area contributed by atoms with Crippen molar-refractivity contribution in [3.05, 3.63) is 67.0 Å².